The number of fused-ring (bicyclic) bond motifs is 1. The third kappa shape index (κ3) is 4.31. The zero-order valence-corrected chi connectivity index (χ0v) is 23.4. The first-order valence-electron chi connectivity index (χ1n) is 13.8. The van der Waals surface area contributed by atoms with Crippen LogP contribution in [-0.2, 0) is 23.9 Å². The molecule has 5 rings (SSSR count). The fourth-order valence-corrected chi connectivity index (χ4v) is 8.27. The van der Waals surface area contributed by atoms with E-state index in [0.717, 1.165) is 37.7 Å². The molecule has 8 nitrogen and oxygen atoms in total. The number of ether oxygens (including phenoxy) is 2. The van der Waals surface area contributed by atoms with Crippen molar-refractivity contribution in [3.05, 3.63) is 48.6 Å². The molecule has 4 aliphatic rings. The average Bonchev–Trinajstić information content (AvgIpc) is 3.52. The molecule has 3 unspecified atom stereocenters. The molecular formula is C29H37BrN2O6. The molecule has 206 valence electrons. The number of rotatable bonds is 9. The summed E-state index contributed by atoms with van der Waals surface area (Å²) in [7, 11) is 0. The van der Waals surface area contributed by atoms with Crippen LogP contribution < -0.4 is 0 Å². The highest BCUT2D eigenvalue weighted by molar-refractivity contribution is 9.09. The number of carbonyl (C=O) groups excluding carboxylic acids is 3. The van der Waals surface area contributed by atoms with Crippen molar-refractivity contribution in [3.8, 4) is 0 Å². The molecule has 38 heavy (non-hydrogen) atoms. The SMILES string of the molecule is C=CCN(C(=O)C1N([C@H](CO)c2ccccc2)C(=O)[C@@H]2[C@H](C(=O)OCC)[C@H]3OC12CC3Br)C1CCCCC1. The van der Waals surface area contributed by atoms with E-state index in [1.54, 1.807) is 13.0 Å². The summed E-state index contributed by atoms with van der Waals surface area (Å²) in [5.41, 5.74) is -0.469. The molecule has 7 atom stereocenters. The van der Waals surface area contributed by atoms with Gasteiger partial charge < -0.3 is 24.4 Å². The Hall–Kier alpha value is -2.23. The average molecular weight is 590 g/mol. The van der Waals surface area contributed by atoms with Gasteiger partial charge in [0.25, 0.3) is 0 Å². The van der Waals surface area contributed by atoms with Crippen LogP contribution in [0.4, 0.5) is 0 Å². The van der Waals surface area contributed by atoms with E-state index < -0.39 is 41.6 Å². The number of esters is 1. The summed E-state index contributed by atoms with van der Waals surface area (Å²) in [5.74, 6) is -2.70. The van der Waals surface area contributed by atoms with Crippen LogP contribution in [-0.4, -0.2) is 81.1 Å². The quantitative estimate of drug-likeness (QED) is 0.270. The van der Waals surface area contributed by atoms with Gasteiger partial charge in [0.05, 0.1) is 37.2 Å². The van der Waals surface area contributed by atoms with Gasteiger partial charge in [0.1, 0.15) is 11.6 Å². The van der Waals surface area contributed by atoms with Gasteiger partial charge in [-0.05, 0) is 31.7 Å². The first kappa shape index (κ1) is 27.3. The van der Waals surface area contributed by atoms with Crippen molar-refractivity contribution < 1.29 is 29.0 Å². The number of likely N-dealkylation sites (tertiary alicyclic amines) is 1. The Labute approximate surface area is 232 Å². The van der Waals surface area contributed by atoms with Crippen molar-refractivity contribution in [1.29, 1.82) is 0 Å². The highest BCUT2D eigenvalue weighted by Crippen LogP contribution is 2.61. The normalized spacial score (nSPS) is 33.2. The van der Waals surface area contributed by atoms with Crippen LogP contribution >= 0.6 is 15.9 Å². The van der Waals surface area contributed by atoms with E-state index >= 15 is 0 Å². The van der Waals surface area contributed by atoms with Crippen LogP contribution in [0.5, 0.6) is 0 Å². The fraction of sp³-hybridized carbons (Fsp3) is 0.621. The van der Waals surface area contributed by atoms with E-state index in [4.69, 9.17) is 9.47 Å². The molecule has 0 aromatic heterocycles. The van der Waals surface area contributed by atoms with E-state index in [9.17, 15) is 19.5 Å². The summed E-state index contributed by atoms with van der Waals surface area (Å²) in [6.45, 7) is 5.82. The monoisotopic (exact) mass is 588 g/mol. The first-order chi connectivity index (χ1) is 18.4. The highest BCUT2D eigenvalue weighted by Gasteiger charge is 2.77. The van der Waals surface area contributed by atoms with Gasteiger partial charge in [-0.25, -0.2) is 0 Å². The Morgan fingerprint density at radius 2 is 2.00 bits per heavy atom. The number of aliphatic hydroxyl groups is 1. The predicted molar refractivity (Wildman–Crippen MR) is 144 cm³/mol. The first-order valence-corrected chi connectivity index (χ1v) is 14.7. The van der Waals surface area contributed by atoms with Crippen LogP contribution in [0.1, 0.15) is 57.1 Å². The number of hydrogen-bond donors (Lipinski definition) is 1. The molecule has 1 saturated carbocycles. The standard InChI is InChI=1S/C29H37BrN2O6/c1-3-15-31(19-13-9-6-10-14-19)27(35)25-29-16-20(30)24(38-29)22(28(36)37-4-2)23(29)26(34)32(25)21(17-33)18-11-7-5-8-12-18/h3,5,7-8,11-12,19-25,33H,1,4,6,9-10,13-17H2,2H3/t20?,21-,22+,23+,24+,25?,29?/m1/s1. The summed E-state index contributed by atoms with van der Waals surface area (Å²) >= 11 is 3.69. The number of alkyl halides is 1. The zero-order chi connectivity index (χ0) is 27.0. The predicted octanol–water partition coefficient (Wildman–Crippen LogP) is 3.38. The molecule has 3 heterocycles. The van der Waals surface area contributed by atoms with E-state index in [1.165, 1.54) is 4.90 Å². The minimum atomic E-state index is -1.19. The lowest BCUT2D eigenvalue weighted by atomic mass is 9.70. The molecular weight excluding hydrogens is 552 g/mol. The largest absolute Gasteiger partial charge is 0.466 e. The van der Waals surface area contributed by atoms with Crippen molar-refractivity contribution in [1.82, 2.24) is 9.80 Å². The van der Waals surface area contributed by atoms with Gasteiger partial charge in [0.15, 0.2) is 0 Å². The molecule has 1 aromatic rings. The topological polar surface area (TPSA) is 96.4 Å². The number of amides is 2. The fourth-order valence-electron chi connectivity index (χ4n) is 7.33. The van der Waals surface area contributed by atoms with Crippen molar-refractivity contribution in [2.45, 2.75) is 80.1 Å². The van der Waals surface area contributed by atoms with Crippen molar-refractivity contribution >= 4 is 33.7 Å². The third-order valence-electron chi connectivity index (χ3n) is 8.84. The van der Waals surface area contributed by atoms with Gasteiger partial charge in [-0.3, -0.25) is 14.4 Å². The lowest BCUT2D eigenvalue weighted by Gasteiger charge is -2.42. The van der Waals surface area contributed by atoms with Crippen LogP contribution in [0.15, 0.2) is 43.0 Å². The van der Waals surface area contributed by atoms with E-state index in [1.807, 2.05) is 35.2 Å². The molecule has 1 aliphatic carbocycles. The number of aliphatic hydroxyl groups excluding tert-OH is 1. The molecule has 2 amide bonds. The van der Waals surface area contributed by atoms with E-state index in [-0.39, 0.29) is 35.9 Å². The molecule has 3 saturated heterocycles. The van der Waals surface area contributed by atoms with Gasteiger partial charge in [-0.15, -0.1) is 6.58 Å². The van der Waals surface area contributed by atoms with Crippen LogP contribution in [0, 0.1) is 11.8 Å². The Bertz CT molecular complexity index is 1060. The lowest BCUT2D eigenvalue weighted by Crippen LogP contribution is -2.59. The minimum Gasteiger partial charge on any atom is -0.466 e. The van der Waals surface area contributed by atoms with E-state index in [2.05, 4.69) is 22.5 Å². The third-order valence-corrected chi connectivity index (χ3v) is 9.68. The number of hydrogen-bond acceptors (Lipinski definition) is 6. The summed E-state index contributed by atoms with van der Waals surface area (Å²) < 4.78 is 12.0. The van der Waals surface area contributed by atoms with Gasteiger partial charge in [-0.1, -0.05) is 71.6 Å². The summed E-state index contributed by atoms with van der Waals surface area (Å²) in [4.78, 5) is 45.4. The maximum absolute atomic E-state index is 14.7. The maximum Gasteiger partial charge on any atom is 0.312 e. The minimum absolute atomic E-state index is 0.0465. The second kappa shape index (κ2) is 11.1. The van der Waals surface area contributed by atoms with Crippen molar-refractivity contribution in [3.63, 3.8) is 0 Å². The van der Waals surface area contributed by atoms with Crippen LogP contribution in [0.2, 0.25) is 0 Å². The highest BCUT2D eigenvalue weighted by atomic mass is 79.9. The van der Waals surface area contributed by atoms with Gasteiger partial charge in [0.2, 0.25) is 11.8 Å². The zero-order valence-electron chi connectivity index (χ0n) is 21.8. The molecule has 2 bridgehead atoms. The number of carbonyl (C=O) groups is 3. The van der Waals surface area contributed by atoms with Crippen LogP contribution in [0.3, 0.4) is 0 Å². The molecule has 3 aliphatic heterocycles. The summed E-state index contributed by atoms with van der Waals surface area (Å²) in [6.07, 6.45) is 6.61. The maximum atomic E-state index is 14.7. The van der Waals surface area contributed by atoms with Gasteiger partial charge in [0, 0.05) is 17.4 Å². The van der Waals surface area contributed by atoms with Crippen molar-refractivity contribution in [2.24, 2.45) is 11.8 Å². The smallest absolute Gasteiger partial charge is 0.312 e. The van der Waals surface area contributed by atoms with Gasteiger partial charge >= 0.3 is 5.97 Å². The summed E-state index contributed by atoms with van der Waals surface area (Å²) in [5, 5.41) is 10.6. The number of benzene rings is 1. The second-order valence-corrected chi connectivity index (χ2v) is 12.0. The number of nitrogens with zero attached hydrogens (tertiary/aromatic N) is 2. The molecule has 4 fully saturated rings. The molecule has 1 N–H and O–H groups in total. The van der Waals surface area contributed by atoms with Gasteiger partial charge in [-0.2, -0.15) is 0 Å². The Balaban J connectivity index is 1.62. The lowest BCUT2D eigenvalue weighted by molar-refractivity contribution is -0.156. The molecule has 9 heteroatoms. The van der Waals surface area contributed by atoms with Crippen molar-refractivity contribution in [2.75, 3.05) is 19.8 Å². The molecule has 1 aromatic carbocycles. The van der Waals surface area contributed by atoms with E-state index in [0.29, 0.717) is 13.0 Å². The van der Waals surface area contributed by atoms with Crippen LogP contribution in [0.25, 0.3) is 0 Å². The molecule has 0 radical (unpaired) electrons. The summed E-state index contributed by atoms with van der Waals surface area (Å²) in [6, 6.07) is 7.56. The molecule has 1 spiro atoms. The second-order valence-electron chi connectivity index (χ2n) is 10.8. The number of halogens is 1. The Kier molecular flexibility index (Phi) is 7.99. The Morgan fingerprint density at radius 3 is 2.63 bits per heavy atom. The Morgan fingerprint density at radius 1 is 1.29 bits per heavy atom.